The molecule has 1 aliphatic heterocycles. The van der Waals surface area contributed by atoms with Crippen LogP contribution in [0.4, 0.5) is 4.79 Å². The molecule has 9 nitrogen and oxygen atoms in total. The topological polar surface area (TPSA) is 125 Å². The highest BCUT2D eigenvalue weighted by atomic mass is 16.5. The van der Waals surface area contributed by atoms with E-state index in [1.165, 1.54) is 11.2 Å². The number of aliphatic carboxylic acids is 1. The van der Waals surface area contributed by atoms with Crippen LogP contribution in [0.2, 0.25) is 0 Å². The molecule has 180 valence electrons. The fourth-order valence-electron chi connectivity index (χ4n) is 4.98. The number of aromatic nitrogens is 2. The number of carboxylic acid groups (broad SMARTS) is 1. The molecule has 5 rings (SSSR count). The van der Waals surface area contributed by atoms with Crippen molar-refractivity contribution in [2.45, 2.75) is 24.8 Å². The lowest BCUT2D eigenvalue weighted by Crippen LogP contribution is -2.49. The summed E-state index contributed by atoms with van der Waals surface area (Å²) in [5, 5.41) is 12.0. The maximum Gasteiger partial charge on any atom is 0.407 e. The van der Waals surface area contributed by atoms with E-state index in [-0.39, 0.29) is 31.4 Å². The Balaban J connectivity index is 1.27. The molecular formula is C26H26N4O5. The summed E-state index contributed by atoms with van der Waals surface area (Å²) in [5.74, 6) is -1.95. The molecule has 35 heavy (non-hydrogen) atoms. The molecule has 1 aliphatic carbocycles. The van der Waals surface area contributed by atoms with Gasteiger partial charge in [-0.2, -0.15) is 0 Å². The van der Waals surface area contributed by atoms with Gasteiger partial charge in [0.25, 0.3) is 0 Å². The number of carbonyl (C=O) groups excluding carboxylic acids is 2. The molecule has 2 heterocycles. The van der Waals surface area contributed by atoms with Crippen molar-refractivity contribution in [1.82, 2.24) is 20.2 Å². The van der Waals surface area contributed by atoms with Crippen LogP contribution in [0.5, 0.6) is 0 Å². The number of likely N-dealkylation sites (tertiary alicyclic amines) is 1. The highest BCUT2D eigenvalue weighted by Crippen LogP contribution is 2.44. The maximum atomic E-state index is 13.2. The van der Waals surface area contributed by atoms with Crippen molar-refractivity contribution in [3.05, 3.63) is 77.9 Å². The van der Waals surface area contributed by atoms with E-state index in [1.54, 1.807) is 6.20 Å². The lowest BCUT2D eigenvalue weighted by Gasteiger charge is -2.24. The molecule has 3 aromatic rings. The highest BCUT2D eigenvalue weighted by Gasteiger charge is 2.35. The number of amides is 2. The average molecular weight is 475 g/mol. The van der Waals surface area contributed by atoms with E-state index >= 15 is 0 Å². The van der Waals surface area contributed by atoms with E-state index in [0.29, 0.717) is 18.7 Å². The molecule has 2 aromatic carbocycles. The second-order valence-electron chi connectivity index (χ2n) is 8.91. The van der Waals surface area contributed by atoms with Crippen LogP contribution >= 0.6 is 0 Å². The molecule has 0 spiro atoms. The minimum atomic E-state index is -0.921. The van der Waals surface area contributed by atoms with Gasteiger partial charge in [-0.25, -0.2) is 9.78 Å². The molecule has 1 fully saturated rings. The Labute approximate surface area is 202 Å². The van der Waals surface area contributed by atoms with Crippen LogP contribution in [0.1, 0.15) is 29.2 Å². The number of ether oxygens (including phenoxy) is 1. The van der Waals surface area contributed by atoms with Crippen molar-refractivity contribution in [2.24, 2.45) is 5.92 Å². The van der Waals surface area contributed by atoms with Gasteiger partial charge < -0.3 is 25.0 Å². The molecule has 3 N–H and O–H groups in total. The SMILES string of the molecule is O=C(N[C@@H](Cc1cnc[nH]1)C(=O)N1CCC(C(=O)O)C1)OCC1c2ccccc2-c2ccccc21. The van der Waals surface area contributed by atoms with Gasteiger partial charge in [-0.15, -0.1) is 0 Å². The van der Waals surface area contributed by atoms with Crippen molar-refractivity contribution in [1.29, 1.82) is 0 Å². The number of aromatic amines is 1. The summed E-state index contributed by atoms with van der Waals surface area (Å²) in [7, 11) is 0. The molecule has 2 amide bonds. The van der Waals surface area contributed by atoms with Crippen LogP contribution in [-0.4, -0.2) is 63.7 Å². The van der Waals surface area contributed by atoms with E-state index < -0.39 is 24.0 Å². The van der Waals surface area contributed by atoms with E-state index in [0.717, 1.165) is 22.3 Å². The Morgan fingerprint density at radius 1 is 1.11 bits per heavy atom. The predicted molar refractivity (Wildman–Crippen MR) is 127 cm³/mol. The van der Waals surface area contributed by atoms with Gasteiger partial charge in [0.2, 0.25) is 5.91 Å². The Hall–Kier alpha value is -4.14. The van der Waals surface area contributed by atoms with E-state index in [1.807, 2.05) is 36.4 Å². The van der Waals surface area contributed by atoms with Crippen LogP contribution in [0.15, 0.2) is 61.1 Å². The number of H-pyrrole nitrogens is 1. The number of carbonyl (C=O) groups is 3. The van der Waals surface area contributed by atoms with Gasteiger partial charge >= 0.3 is 12.1 Å². The molecule has 0 saturated carbocycles. The number of hydrogen-bond donors (Lipinski definition) is 3. The van der Waals surface area contributed by atoms with Crippen molar-refractivity contribution in [2.75, 3.05) is 19.7 Å². The lowest BCUT2D eigenvalue weighted by atomic mass is 9.98. The fourth-order valence-corrected chi connectivity index (χ4v) is 4.98. The van der Waals surface area contributed by atoms with Crippen molar-refractivity contribution < 1.29 is 24.2 Å². The van der Waals surface area contributed by atoms with Crippen LogP contribution in [0, 0.1) is 5.92 Å². The summed E-state index contributed by atoms with van der Waals surface area (Å²) in [4.78, 5) is 45.8. The molecule has 1 saturated heterocycles. The minimum absolute atomic E-state index is 0.0928. The maximum absolute atomic E-state index is 13.2. The zero-order chi connectivity index (χ0) is 24.4. The fraction of sp³-hybridized carbons (Fsp3) is 0.308. The zero-order valence-electron chi connectivity index (χ0n) is 19.0. The van der Waals surface area contributed by atoms with Crippen molar-refractivity contribution in [3.63, 3.8) is 0 Å². The number of fused-ring (bicyclic) bond motifs is 3. The van der Waals surface area contributed by atoms with Gasteiger partial charge in [-0.1, -0.05) is 48.5 Å². The summed E-state index contributed by atoms with van der Waals surface area (Å²) in [6.45, 7) is 0.595. The molecular weight excluding hydrogens is 448 g/mol. The molecule has 9 heteroatoms. The number of alkyl carbamates (subject to hydrolysis) is 1. The Morgan fingerprint density at radius 3 is 2.40 bits per heavy atom. The second-order valence-corrected chi connectivity index (χ2v) is 8.91. The molecule has 1 unspecified atom stereocenters. The minimum Gasteiger partial charge on any atom is -0.481 e. The number of imidazole rings is 1. The van der Waals surface area contributed by atoms with Crippen molar-refractivity contribution >= 4 is 18.0 Å². The van der Waals surface area contributed by atoms with Gasteiger partial charge in [0.1, 0.15) is 12.6 Å². The second kappa shape index (κ2) is 9.61. The normalized spacial score (nSPS) is 17.5. The van der Waals surface area contributed by atoms with Crippen LogP contribution in [0.25, 0.3) is 11.1 Å². The quantitative estimate of drug-likeness (QED) is 0.484. The van der Waals surface area contributed by atoms with Crippen LogP contribution < -0.4 is 5.32 Å². The van der Waals surface area contributed by atoms with E-state index in [9.17, 15) is 19.5 Å². The number of benzene rings is 2. The van der Waals surface area contributed by atoms with E-state index in [2.05, 4.69) is 27.4 Å². The number of rotatable bonds is 7. The predicted octanol–water partition coefficient (Wildman–Crippen LogP) is 2.79. The number of nitrogens with zero attached hydrogens (tertiary/aromatic N) is 2. The first-order valence-electron chi connectivity index (χ1n) is 11.6. The first-order chi connectivity index (χ1) is 17.0. The molecule has 2 atom stereocenters. The third-order valence-corrected chi connectivity index (χ3v) is 6.76. The van der Waals surface area contributed by atoms with Gasteiger partial charge in [-0.05, 0) is 28.7 Å². The molecule has 0 radical (unpaired) electrons. The van der Waals surface area contributed by atoms with Crippen molar-refractivity contribution in [3.8, 4) is 11.1 Å². The summed E-state index contributed by atoms with van der Waals surface area (Å²) >= 11 is 0. The lowest BCUT2D eigenvalue weighted by molar-refractivity contribution is -0.141. The van der Waals surface area contributed by atoms with Gasteiger partial charge in [-0.3, -0.25) is 9.59 Å². The zero-order valence-corrected chi connectivity index (χ0v) is 19.0. The third-order valence-electron chi connectivity index (χ3n) is 6.76. The van der Waals surface area contributed by atoms with Gasteiger partial charge in [0.05, 0.1) is 12.2 Å². The van der Waals surface area contributed by atoms with E-state index in [4.69, 9.17) is 4.74 Å². The van der Waals surface area contributed by atoms with Gasteiger partial charge in [0, 0.05) is 37.3 Å². The highest BCUT2D eigenvalue weighted by molar-refractivity contribution is 5.87. The molecule has 0 bridgehead atoms. The summed E-state index contributed by atoms with van der Waals surface area (Å²) in [6, 6.07) is 15.2. The average Bonchev–Trinajstić information content (AvgIpc) is 3.61. The van der Waals surface area contributed by atoms with Crippen LogP contribution in [-0.2, 0) is 20.7 Å². The standard InChI is InChI=1S/C26H26N4O5/c31-24(30-10-9-16(13-30)25(32)33)23(11-17-12-27-15-28-17)29-26(34)35-14-22-20-7-3-1-5-18(20)19-6-2-4-8-21(19)22/h1-8,12,15-16,22-23H,9-11,13-14H2,(H,27,28)(H,29,34)(H,32,33)/t16?,23-/m0/s1. The molecule has 1 aromatic heterocycles. The Bertz CT molecular complexity index is 1200. The third kappa shape index (κ3) is 4.62. The monoisotopic (exact) mass is 474 g/mol. The summed E-state index contributed by atoms with van der Waals surface area (Å²) in [5.41, 5.74) is 5.14. The van der Waals surface area contributed by atoms with Gasteiger partial charge in [0.15, 0.2) is 0 Å². The van der Waals surface area contributed by atoms with Crippen LogP contribution in [0.3, 0.4) is 0 Å². The number of carboxylic acids is 1. The summed E-state index contributed by atoms with van der Waals surface area (Å²) < 4.78 is 5.62. The first kappa shape index (κ1) is 22.6. The number of hydrogen-bond acceptors (Lipinski definition) is 5. The molecule has 2 aliphatic rings. The first-order valence-corrected chi connectivity index (χ1v) is 11.6. The number of nitrogens with one attached hydrogen (secondary N) is 2. The smallest absolute Gasteiger partial charge is 0.407 e. The Morgan fingerprint density at radius 2 is 1.80 bits per heavy atom. The Kier molecular flexibility index (Phi) is 6.22. The largest absolute Gasteiger partial charge is 0.481 e. The summed E-state index contributed by atoms with van der Waals surface area (Å²) in [6.07, 6.45) is 2.98.